The van der Waals surface area contributed by atoms with E-state index in [1.54, 1.807) is 0 Å². The summed E-state index contributed by atoms with van der Waals surface area (Å²) in [4.78, 5) is 8.12. The minimum Gasteiger partial charge on any atom is -0.306 e. The van der Waals surface area contributed by atoms with Gasteiger partial charge < -0.3 is 5.32 Å². The smallest absolute Gasteiger partial charge is 0.115 e. The molecule has 0 radical (unpaired) electrons. The zero-order chi connectivity index (χ0) is 13.0. The molecule has 1 heterocycles. The second-order valence-electron chi connectivity index (χ2n) is 3.87. The van der Waals surface area contributed by atoms with Gasteiger partial charge in [0.15, 0.2) is 0 Å². The molecule has 5 heteroatoms. The van der Waals surface area contributed by atoms with E-state index in [2.05, 4.69) is 38.1 Å². The van der Waals surface area contributed by atoms with Gasteiger partial charge in [-0.1, -0.05) is 34.5 Å². The van der Waals surface area contributed by atoms with Crippen LogP contribution in [0.2, 0.25) is 5.02 Å². The molecule has 0 spiro atoms. The number of nitrogens with one attached hydrogen (secondary N) is 1. The quantitative estimate of drug-likeness (QED) is 0.933. The normalized spacial score (nSPS) is 12.4. The van der Waals surface area contributed by atoms with Crippen LogP contribution in [-0.2, 0) is 0 Å². The molecule has 0 fully saturated rings. The molecule has 2 rings (SSSR count). The first-order chi connectivity index (χ1) is 8.70. The van der Waals surface area contributed by atoms with Crippen LogP contribution in [0.1, 0.15) is 24.1 Å². The largest absolute Gasteiger partial charge is 0.306 e. The first kappa shape index (κ1) is 13.5. The van der Waals surface area contributed by atoms with Crippen LogP contribution in [0.15, 0.2) is 41.4 Å². The topological polar surface area (TPSA) is 37.8 Å². The molecule has 0 amide bonds. The second kappa shape index (κ2) is 6.27. The first-order valence-corrected chi connectivity index (χ1v) is 6.82. The SMILES string of the molecule is CCNC(c1cncnc1)c1cc(Cl)cc(Br)c1. The molecule has 1 aromatic carbocycles. The maximum absolute atomic E-state index is 6.09. The van der Waals surface area contributed by atoms with E-state index in [1.165, 1.54) is 6.33 Å². The Kier molecular flexibility index (Phi) is 4.69. The molecule has 1 atom stereocenters. The lowest BCUT2D eigenvalue weighted by molar-refractivity contribution is 0.626. The molecule has 2 aromatic rings. The summed E-state index contributed by atoms with van der Waals surface area (Å²) in [6, 6.07) is 5.92. The molecule has 0 saturated heterocycles. The monoisotopic (exact) mass is 325 g/mol. The molecular weight excluding hydrogens is 314 g/mol. The van der Waals surface area contributed by atoms with Crippen molar-refractivity contribution in [2.24, 2.45) is 0 Å². The van der Waals surface area contributed by atoms with Crippen LogP contribution in [0, 0.1) is 0 Å². The van der Waals surface area contributed by atoms with Crippen molar-refractivity contribution in [2.45, 2.75) is 13.0 Å². The summed E-state index contributed by atoms with van der Waals surface area (Å²) in [7, 11) is 0. The van der Waals surface area contributed by atoms with Crippen molar-refractivity contribution in [3.63, 3.8) is 0 Å². The molecule has 0 aliphatic heterocycles. The van der Waals surface area contributed by atoms with E-state index in [9.17, 15) is 0 Å². The highest BCUT2D eigenvalue weighted by Crippen LogP contribution is 2.27. The van der Waals surface area contributed by atoms with E-state index in [0.29, 0.717) is 5.02 Å². The number of aromatic nitrogens is 2. The zero-order valence-corrected chi connectivity index (χ0v) is 12.2. The Morgan fingerprint density at radius 2 is 1.94 bits per heavy atom. The zero-order valence-electron chi connectivity index (χ0n) is 9.90. The third-order valence-corrected chi connectivity index (χ3v) is 3.22. The van der Waals surface area contributed by atoms with Gasteiger partial charge in [-0.2, -0.15) is 0 Å². The van der Waals surface area contributed by atoms with Crippen molar-refractivity contribution in [3.05, 3.63) is 57.5 Å². The van der Waals surface area contributed by atoms with Crippen LogP contribution in [0.4, 0.5) is 0 Å². The highest BCUT2D eigenvalue weighted by Gasteiger charge is 2.14. The average molecular weight is 327 g/mol. The summed E-state index contributed by atoms with van der Waals surface area (Å²) in [6.45, 7) is 2.92. The Labute approximate surface area is 120 Å². The van der Waals surface area contributed by atoms with Crippen molar-refractivity contribution in [1.82, 2.24) is 15.3 Å². The van der Waals surface area contributed by atoms with Crippen molar-refractivity contribution < 1.29 is 0 Å². The van der Waals surface area contributed by atoms with Gasteiger partial charge in [-0.15, -0.1) is 0 Å². The molecule has 94 valence electrons. The lowest BCUT2D eigenvalue weighted by Crippen LogP contribution is -2.22. The van der Waals surface area contributed by atoms with Gasteiger partial charge in [-0.05, 0) is 30.3 Å². The Morgan fingerprint density at radius 3 is 2.56 bits per heavy atom. The van der Waals surface area contributed by atoms with Crippen molar-refractivity contribution >= 4 is 27.5 Å². The fourth-order valence-electron chi connectivity index (χ4n) is 1.83. The van der Waals surface area contributed by atoms with Gasteiger partial charge >= 0.3 is 0 Å². The molecule has 1 N–H and O–H groups in total. The van der Waals surface area contributed by atoms with Gasteiger partial charge in [0.25, 0.3) is 0 Å². The Balaban J connectivity index is 2.41. The van der Waals surface area contributed by atoms with Crippen molar-refractivity contribution in [1.29, 1.82) is 0 Å². The van der Waals surface area contributed by atoms with Crippen LogP contribution in [0.25, 0.3) is 0 Å². The molecule has 0 saturated carbocycles. The van der Waals surface area contributed by atoms with Crippen molar-refractivity contribution in [2.75, 3.05) is 6.54 Å². The van der Waals surface area contributed by atoms with Gasteiger partial charge in [0, 0.05) is 27.5 Å². The molecule has 0 aliphatic carbocycles. The number of halogens is 2. The predicted molar refractivity (Wildman–Crippen MR) is 76.7 cm³/mol. The fraction of sp³-hybridized carbons (Fsp3) is 0.231. The van der Waals surface area contributed by atoms with E-state index in [1.807, 2.05) is 30.6 Å². The maximum atomic E-state index is 6.09. The summed E-state index contributed by atoms with van der Waals surface area (Å²) in [5.41, 5.74) is 2.11. The van der Waals surface area contributed by atoms with Crippen LogP contribution in [0.3, 0.4) is 0 Å². The lowest BCUT2D eigenvalue weighted by atomic mass is 10.0. The summed E-state index contributed by atoms with van der Waals surface area (Å²) in [5.74, 6) is 0. The fourth-order valence-corrected chi connectivity index (χ4v) is 2.72. The molecule has 0 bridgehead atoms. The van der Waals surface area contributed by atoms with E-state index in [4.69, 9.17) is 11.6 Å². The number of hydrogen-bond donors (Lipinski definition) is 1. The van der Waals surface area contributed by atoms with Gasteiger partial charge in [-0.3, -0.25) is 0 Å². The van der Waals surface area contributed by atoms with E-state index >= 15 is 0 Å². The third kappa shape index (κ3) is 3.28. The van der Waals surface area contributed by atoms with E-state index < -0.39 is 0 Å². The summed E-state index contributed by atoms with van der Waals surface area (Å²) < 4.78 is 0.963. The van der Waals surface area contributed by atoms with E-state index in [-0.39, 0.29) is 6.04 Å². The van der Waals surface area contributed by atoms with Crippen LogP contribution in [0.5, 0.6) is 0 Å². The summed E-state index contributed by atoms with van der Waals surface area (Å²) in [6.07, 6.45) is 5.16. The predicted octanol–water partition coefficient (Wildman–Crippen LogP) is 3.59. The minimum absolute atomic E-state index is 0.0474. The molecular formula is C13H13BrClN3. The highest BCUT2D eigenvalue weighted by molar-refractivity contribution is 9.10. The maximum Gasteiger partial charge on any atom is 0.115 e. The first-order valence-electron chi connectivity index (χ1n) is 5.65. The average Bonchev–Trinajstić information content (AvgIpc) is 2.36. The van der Waals surface area contributed by atoms with Crippen LogP contribution < -0.4 is 5.32 Å². The second-order valence-corrected chi connectivity index (χ2v) is 5.22. The lowest BCUT2D eigenvalue weighted by Gasteiger charge is -2.18. The number of benzene rings is 1. The minimum atomic E-state index is 0.0474. The van der Waals surface area contributed by atoms with Gasteiger partial charge in [0.05, 0.1) is 6.04 Å². The highest BCUT2D eigenvalue weighted by atomic mass is 79.9. The Morgan fingerprint density at radius 1 is 1.22 bits per heavy atom. The van der Waals surface area contributed by atoms with Gasteiger partial charge in [0.2, 0.25) is 0 Å². The molecule has 1 unspecified atom stereocenters. The Bertz CT molecular complexity index is 499. The number of hydrogen-bond acceptors (Lipinski definition) is 3. The van der Waals surface area contributed by atoms with Crippen LogP contribution in [-0.4, -0.2) is 16.5 Å². The van der Waals surface area contributed by atoms with Crippen molar-refractivity contribution in [3.8, 4) is 0 Å². The molecule has 0 aliphatic rings. The Hall–Kier alpha value is -0.970. The standard InChI is InChI=1S/C13H13BrClN3/c1-2-18-13(10-6-16-8-17-7-10)9-3-11(14)5-12(15)4-9/h3-8,13,18H,2H2,1H3. The third-order valence-electron chi connectivity index (χ3n) is 2.54. The van der Waals surface area contributed by atoms with Gasteiger partial charge in [-0.25, -0.2) is 9.97 Å². The molecule has 18 heavy (non-hydrogen) atoms. The van der Waals surface area contributed by atoms with Gasteiger partial charge in [0.1, 0.15) is 6.33 Å². The number of rotatable bonds is 4. The molecule has 3 nitrogen and oxygen atoms in total. The summed E-state index contributed by atoms with van der Waals surface area (Å²) in [5, 5.41) is 4.12. The number of nitrogens with zero attached hydrogens (tertiary/aromatic N) is 2. The molecule has 1 aromatic heterocycles. The van der Waals surface area contributed by atoms with E-state index in [0.717, 1.165) is 22.1 Å². The van der Waals surface area contributed by atoms with Crippen LogP contribution >= 0.6 is 27.5 Å². The summed E-state index contributed by atoms with van der Waals surface area (Å²) >= 11 is 9.55.